The van der Waals surface area contributed by atoms with Crippen LogP contribution in [0.4, 0.5) is 5.69 Å². The number of benzene rings is 1. The molecule has 1 fully saturated rings. The molecule has 2 nitrogen and oxygen atoms in total. The molecular formula is C15H20N2. The number of aryl methyl sites for hydroxylation is 1. The Bertz CT molecular complexity index is 425. The van der Waals surface area contributed by atoms with Crippen molar-refractivity contribution in [1.82, 2.24) is 0 Å². The van der Waals surface area contributed by atoms with E-state index < -0.39 is 0 Å². The first-order chi connectivity index (χ1) is 8.26. The van der Waals surface area contributed by atoms with Crippen LogP contribution in [0.1, 0.15) is 43.7 Å². The second-order valence-corrected chi connectivity index (χ2v) is 4.84. The van der Waals surface area contributed by atoms with Crippen molar-refractivity contribution in [1.29, 1.82) is 5.26 Å². The van der Waals surface area contributed by atoms with Gasteiger partial charge in [0.25, 0.3) is 0 Å². The van der Waals surface area contributed by atoms with Gasteiger partial charge in [-0.2, -0.15) is 5.26 Å². The number of nitriles is 1. The van der Waals surface area contributed by atoms with Crippen LogP contribution in [0.3, 0.4) is 0 Å². The normalized spacial score (nSPS) is 15.8. The van der Waals surface area contributed by atoms with Crippen LogP contribution in [0.25, 0.3) is 0 Å². The van der Waals surface area contributed by atoms with E-state index in [2.05, 4.69) is 30.9 Å². The van der Waals surface area contributed by atoms with Crippen LogP contribution >= 0.6 is 0 Å². The van der Waals surface area contributed by atoms with Gasteiger partial charge in [-0.05, 0) is 50.5 Å². The Morgan fingerprint density at radius 2 is 2.06 bits per heavy atom. The molecule has 0 aromatic heterocycles. The third-order valence-corrected chi connectivity index (χ3v) is 3.74. The zero-order valence-corrected chi connectivity index (χ0v) is 10.7. The van der Waals surface area contributed by atoms with Crippen molar-refractivity contribution >= 4 is 5.69 Å². The predicted octanol–water partition coefficient (Wildman–Crippen LogP) is 3.64. The molecule has 0 radical (unpaired) electrons. The highest BCUT2D eigenvalue weighted by Gasteiger charge is 2.22. The standard InChI is InChI=1S/C15H20N2/c1-3-17(14-6-4-5-7-14)15-9-8-13(11-16)10-12(15)2/h8-10,14H,3-7H2,1-2H3. The van der Waals surface area contributed by atoms with Gasteiger partial charge < -0.3 is 4.90 Å². The highest BCUT2D eigenvalue weighted by Crippen LogP contribution is 2.30. The molecule has 2 heteroatoms. The SMILES string of the molecule is CCN(c1ccc(C#N)cc1C)C1CCCC1. The Morgan fingerprint density at radius 3 is 2.59 bits per heavy atom. The Labute approximate surface area is 104 Å². The predicted molar refractivity (Wildman–Crippen MR) is 71.2 cm³/mol. The van der Waals surface area contributed by atoms with E-state index in [1.165, 1.54) is 36.9 Å². The zero-order valence-electron chi connectivity index (χ0n) is 10.7. The van der Waals surface area contributed by atoms with E-state index >= 15 is 0 Å². The van der Waals surface area contributed by atoms with Gasteiger partial charge >= 0.3 is 0 Å². The van der Waals surface area contributed by atoms with Crippen LogP contribution in [0.2, 0.25) is 0 Å². The molecule has 2 rings (SSSR count). The summed E-state index contributed by atoms with van der Waals surface area (Å²) in [6.07, 6.45) is 5.34. The number of hydrogen-bond donors (Lipinski definition) is 0. The fourth-order valence-electron chi connectivity index (χ4n) is 2.89. The summed E-state index contributed by atoms with van der Waals surface area (Å²) >= 11 is 0. The first kappa shape index (κ1) is 12.0. The summed E-state index contributed by atoms with van der Waals surface area (Å²) in [6, 6.07) is 8.93. The van der Waals surface area contributed by atoms with Crippen molar-refractivity contribution in [2.24, 2.45) is 0 Å². The van der Waals surface area contributed by atoms with Gasteiger partial charge in [0.05, 0.1) is 11.6 Å². The highest BCUT2D eigenvalue weighted by atomic mass is 15.2. The van der Waals surface area contributed by atoms with E-state index in [4.69, 9.17) is 5.26 Å². The molecule has 0 saturated heterocycles. The molecular weight excluding hydrogens is 208 g/mol. The molecule has 0 bridgehead atoms. The van der Waals surface area contributed by atoms with Gasteiger partial charge in [-0.3, -0.25) is 0 Å². The van der Waals surface area contributed by atoms with E-state index in [0.29, 0.717) is 6.04 Å². The Hall–Kier alpha value is -1.49. The van der Waals surface area contributed by atoms with Crippen LogP contribution in [-0.4, -0.2) is 12.6 Å². The lowest BCUT2D eigenvalue weighted by Crippen LogP contribution is -2.33. The largest absolute Gasteiger partial charge is 0.369 e. The lowest BCUT2D eigenvalue weighted by Gasteiger charge is -2.31. The number of anilines is 1. The number of rotatable bonds is 3. The molecule has 0 spiro atoms. The van der Waals surface area contributed by atoms with Crippen molar-refractivity contribution in [3.63, 3.8) is 0 Å². The maximum absolute atomic E-state index is 8.90. The summed E-state index contributed by atoms with van der Waals surface area (Å²) in [4.78, 5) is 2.50. The van der Waals surface area contributed by atoms with Gasteiger partial charge in [0.15, 0.2) is 0 Å². The average Bonchev–Trinajstić information content (AvgIpc) is 2.85. The monoisotopic (exact) mass is 228 g/mol. The van der Waals surface area contributed by atoms with Crippen LogP contribution in [0, 0.1) is 18.3 Å². The Kier molecular flexibility index (Phi) is 3.68. The molecule has 0 amide bonds. The van der Waals surface area contributed by atoms with Crippen molar-refractivity contribution < 1.29 is 0 Å². The number of hydrogen-bond acceptors (Lipinski definition) is 2. The Balaban J connectivity index is 2.27. The molecule has 0 atom stereocenters. The molecule has 0 unspecified atom stereocenters. The smallest absolute Gasteiger partial charge is 0.0991 e. The maximum atomic E-state index is 8.90. The van der Waals surface area contributed by atoms with E-state index in [1.807, 2.05) is 12.1 Å². The van der Waals surface area contributed by atoms with Crippen LogP contribution in [-0.2, 0) is 0 Å². The summed E-state index contributed by atoms with van der Waals surface area (Å²) in [5.41, 5.74) is 3.28. The maximum Gasteiger partial charge on any atom is 0.0991 e. The fourth-order valence-corrected chi connectivity index (χ4v) is 2.89. The van der Waals surface area contributed by atoms with Gasteiger partial charge in [0, 0.05) is 18.3 Å². The Morgan fingerprint density at radius 1 is 1.35 bits per heavy atom. The first-order valence-corrected chi connectivity index (χ1v) is 6.53. The minimum Gasteiger partial charge on any atom is -0.369 e. The minimum atomic E-state index is 0.701. The molecule has 1 aliphatic carbocycles. The molecule has 1 saturated carbocycles. The van der Waals surface area contributed by atoms with Gasteiger partial charge in [0.2, 0.25) is 0 Å². The second-order valence-electron chi connectivity index (χ2n) is 4.84. The summed E-state index contributed by atoms with van der Waals surface area (Å²) in [7, 11) is 0. The highest BCUT2D eigenvalue weighted by molar-refractivity contribution is 5.56. The van der Waals surface area contributed by atoms with Crippen LogP contribution in [0.15, 0.2) is 18.2 Å². The van der Waals surface area contributed by atoms with Gasteiger partial charge in [0.1, 0.15) is 0 Å². The van der Waals surface area contributed by atoms with E-state index in [0.717, 1.165) is 12.1 Å². The van der Waals surface area contributed by atoms with Gasteiger partial charge in [-0.15, -0.1) is 0 Å². The van der Waals surface area contributed by atoms with Crippen LogP contribution in [0.5, 0.6) is 0 Å². The van der Waals surface area contributed by atoms with Crippen molar-refractivity contribution in [3.05, 3.63) is 29.3 Å². The summed E-state index contributed by atoms with van der Waals surface area (Å²) in [6.45, 7) is 5.38. The summed E-state index contributed by atoms with van der Waals surface area (Å²) in [5.74, 6) is 0. The minimum absolute atomic E-state index is 0.701. The average molecular weight is 228 g/mol. The molecule has 17 heavy (non-hydrogen) atoms. The third-order valence-electron chi connectivity index (χ3n) is 3.74. The molecule has 1 aromatic rings. The van der Waals surface area contributed by atoms with Gasteiger partial charge in [-0.1, -0.05) is 12.8 Å². The van der Waals surface area contributed by atoms with Gasteiger partial charge in [-0.25, -0.2) is 0 Å². The lowest BCUT2D eigenvalue weighted by molar-refractivity contribution is 0.618. The van der Waals surface area contributed by atoms with E-state index in [9.17, 15) is 0 Å². The lowest BCUT2D eigenvalue weighted by atomic mass is 10.1. The second kappa shape index (κ2) is 5.23. The third kappa shape index (κ3) is 2.44. The first-order valence-electron chi connectivity index (χ1n) is 6.53. The molecule has 1 aromatic carbocycles. The summed E-state index contributed by atoms with van der Waals surface area (Å²) < 4.78 is 0. The van der Waals surface area contributed by atoms with Crippen molar-refractivity contribution in [3.8, 4) is 6.07 Å². The van der Waals surface area contributed by atoms with Crippen molar-refractivity contribution in [2.75, 3.05) is 11.4 Å². The molecule has 0 aliphatic heterocycles. The molecule has 0 heterocycles. The van der Waals surface area contributed by atoms with Crippen molar-refractivity contribution in [2.45, 2.75) is 45.6 Å². The summed E-state index contributed by atoms with van der Waals surface area (Å²) in [5, 5.41) is 8.90. The van der Waals surface area contributed by atoms with E-state index in [-0.39, 0.29) is 0 Å². The molecule has 90 valence electrons. The number of nitrogens with zero attached hydrogens (tertiary/aromatic N) is 2. The van der Waals surface area contributed by atoms with Crippen LogP contribution < -0.4 is 4.90 Å². The molecule has 0 N–H and O–H groups in total. The van der Waals surface area contributed by atoms with E-state index in [1.54, 1.807) is 0 Å². The topological polar surface area (TPSA) is 27.0 Å². The zero-order chi connectivity index (χ0) is 12.3. The quantitative estimate of drug-likeness (QED) is 0.789. The fraction of sp³-hybridized carbons (Fsp3) is 0.533. The molecule has 1 aliphatic rings.